The summed E-state index contributed by atoms with van der Waals surface area (Å²) in [5.74, 6) is 5.59. The zero-order valence-electron chi connectivity index (χ0n) is 14.1. The Morgan fingerprint density at radius 2 is 1.87 bits per heavy atom. The molecule has 2 aliphatic rings. The van der Waals surface area contributed by atoms with Crippen molar-refractivity contribution < 1.29 is 19.1 Å². The molecular weight excluding hydrogens is 296 g/mol. The van der Waals surface area contributed by atoms with Crippen molar-refractivity contribution in [2.75, 3.05) is 13.1 Å². The number of imide groups is 1. The third-order valence-corrected chi connectivity index (χ3v) is 3.79. The van der Waals surface area contributed by atoms with E-state index in [1.807, 2.05) is 20.8 Å². The molecule has 2 aliphatic heterocycles. The van der Waals surface area contributed by atoms with Crippen LogP contribution in [0.3, 0.4) is 0 Å². The number of ether oxygens (including phenoxy) is 1. The van der Waals surface area contributed by atoms with Gasteiger partial charge < -0.3 is 4.74 Å². The predicted octanol–water partition coefficient (Wildman–Crippen LogP) is 1.93. The van der Waals surface area contributed by atoms with Crippen LogP contribution in [-0.4, -0.2) is 52.4 Å². The summed E-state index contributed by atoms with van der Waals surface area (Å²) in [6.07, 6.45) is 2.90. The molecule has 0 aliphatic carbocycles. The molecule has 3 amide bonds. The van der Waals surface area contributed by atoms with E-state index in [9.17, 15) is 14.4 Å². The average molecular weight is 320 g/mol. The lowest BCUT2D eigenvalue weighted by molar-refractivity contribution is -0.137. The number of likely N-dealkylation sites (tertiary alicyclic amines) is 2. The van der Waals surface area contributed by atoms with Crippen LogP contribution in [0.2, 0.25) is 0 Å². The van der Waals surface area contributed by atoms with Crippen molar-refractivity contribution in [1.82, 2.24) is 9.80 Å². The van der Waals surface area contributed by atoms with E-state index in [1.54, 1.807) is 4.90 Å². The fraction of sp³-hybridized carbons (Fsp3) is 0.706. The van der Waals surface area contributed by atoms with Crippen molar-refractivity contribution in [3.63, 3.8) is 0 Å². The number of carbonyl (C=O) groups is 3. The van der Waals surface area contributed by atoms with E-state index in [0.29, 0.717) is 6.54 Å². The minimum Gasteiger partial charge on any atom is -0.444 e. The summed E-state index contributed by atoms with van der Waals surface area (Å²) >= 11 is 0. The van der Waals surface area contributed by atoms with Crippen LogP contribution < -0.4 is 0 Å². The van der Waals surface area contributed by atoms with Crippen molar-refractivity contribution in [1.29, 1.82) is 0 Å². The summed E-state index contributed by atoms with van der Waals surface area (Å²) in [7, 11) is 0. The first kappa shape index (κ1) is 17.3. The Balaban J connectivity index is 1.99. The molecule has 1 atom stereocenters. The number of carbonyl (C=O) groups excluding carboxylic acids is 3. The number of hydrogen-bond acceptors (Lipinski definition) is 4. The fourth-order valence-electron chi connectivity index (χ4n) is 2.66. The highest BCUT2D eigenvalue weighted by Crippen LogP contribution is 2.20. The molecule has 126 valence electrons. The summed E-state index contributed by atoms with van der Waals surface area (Å²) in [6, 6.07) is -0.216. The molecule has 2 rings (SSSR count). The Morgan fingerprint density at radius 1 is 1.22 bits per heavy atom. The van der Waals surface area contributed by atoms with Gasteiger partial charge in [-0.1, -0.05) is 11.8 Å². The zero-order valence-corrected chi connectivity index (χ0v) is 14.1. The lowest BCUT2D eigenvalue weighted by Crippen LogP contribution is -2.45. The highest BCUT2D eigenvalue weighted by atomic mass is 16.6. The second kappa shape index (κ2) is 7.03. The molecule has 0 aromatic carbocycles. The highest BCUT2D eigenvalue weighted by Gasteiger charge is 2.30. The molecular formula is C17H24N2O4. The van der Waals surface area contributed by atoms with Gasteiger partial charge in [-0.05, 0) is 40.0 Å². The molecule has 0 bridgehead atoms. The van der Waals surface area contributed by atoms with Crippen LogP contribution in [0, 0.1) is 11.8 Å². The lowest BCUT2D eigenvalue weighted by atomic mass is 10.0. The SMILES string of the molecule is CC(C)(C)OC(=O)N1CCCC[C@H]1C#CCN1C(=O)CCC1=O. The Kier molecular flexibility index (Phi) is 5.30. The van der Waals surface area contributed by atoms with E-state index in [4.69, 9.17) is 4.74 Å². The zero-order chi connectivity index (χ0) is 17.0. The monoisotopic (exact) mass is 320 g/mol. The van der Waals surface area contributed by atoms with Crippen molar-refractivity contribution in [3.05, 3.63) is 0 Å². The van der Waals surface area contributed by atoms with Gasteiger partial charge in [-0.15, -0.1) is 0 Å². The highest BCUT2D eigenvalue weighted by molar-refractivity contribution is 6.02. The van der Waals surface area contributed by atoms with Gasteiger partial charge in [0.2, 0.25) is 11.8 Å². The van der Waals surface area contributed by atoms with Crippen molar-refractivity contribution in [2.45, 2.75) is 64.5 Å². The summed E-state index contributed by atoms with van der Waals surface area (Å²) in [4.78, 5) is 38.2. The van der Waals surface area contributed by atoms with Gasteiger partial charge in [-0.3, -0.25) is 19.4 Å². The normalized spacial score (nSPS) is 22.0. The van der Waals surface area contributed by atoms with Crippen LogP contribution in [0.1, 0.15) is 52.9 Å². The molecule has 0 spiro atoms. The van der Waals surface area contributed by atoms with Crippen LogP contribution in [0.25, 0.3) is 0 Å². The smallest absolute Gasteiger partial charge is 0.411 e. The summed E-state index contributed by atoms with van der Waals surface area (Å²) in [5, 5.41) is 0. The number of hydrogen-bond donors (Lipinski definition) is 0. The van der Waals surface area contributed by atoms with Crippen molar-refractivity contribution in [3.8, 4) is 11.8 Å². The maximum absolute atomic E-state index is 12.3. The molecule has 23 heavy (non-hydrogen) atoms. The number of piperidine rings is 1. The molecule has 2 saturated heterocycles. The van der Waals surface area contributed by atoms with Gasteiger partial charge in [-0.25, -0.2) is 4.79 Å². The first-order valence-corrected chi connectivity index (χ1v) is 8.09. The molecule has 6 nitrogen and oxygen atoms in total. The maximum Gasteiger partial charge on any atom is 0.411 e. The molecule has 6 heteroatoms. The largest absolute Gasteiger partial charge is 0.444 e. The minimum absolute atomic E-state index is 0.107. The van der Waals surface area contributed by atoms with Gasteiger partial charge in [0.15, 0.2) is 0 Å². The Labute approximate surface area is 137 Å². The minimum atomic E-state index is -0.541. The van der Waals surface area contributed by atoms with Crippen LogP contribution in [0.4, 0.5) is 4.79 Å². The van der Waals surface area contributed by atoms with Gasteiger partial charge in [0.05, 0.1) is 12.6 Å². The van der Waals surface area contributed by atoms with E-state index in [1.165, 1.54) is 4.90 Å². The number of nitrogens with zero attached hydrogens (tertiary/aromatic N) is 2. The van der Waals surface area contributed by atoms with Crippen LogP contribution in [-0.2, 0) is 14.3 Å². The second-order valence-corrected chi connectivity index (χ2v) is 6.88. The summed E-state index contributed by atoms with van der Waals surface area (Å²) in [6.45, 7) is 6.23. The van der Waals surface area contributed by atoms with E-state index in [0.717, 1.165) is 19.3 Å². The molecule has 2 fully saturated rings. The molecule has 0 aromatic rings. The Morgan fingerprint density at radius 3 is 2.48 bits per heavy atom. The quantitative estimate of drug-likeness (QED) is 0.547. The standard InChI is InChI=1S/C17H24N2O4/c1-17(2,3)23-16(22)18-11-5-4-7-13(18)8-6-12-19-14(20)9-10-15(19)21/h13H,4-5,7,9-12H2,1-3H3/t13-/m0/s1. The van der Waals surface area contributed by atoms with Crippen molar-refractivity contribution >= 4 is 17.9 Å². The lowest BCUT2D eigenvalue weighted by Gasteiger charge is -2.34. The van der Waals surface area contributed by atoms with E-state index in [2.05, 4.69) is 11.8 Å². The number of rotatable bonds is 1. The Bertz CT molecular complexity index is 537. The first-order chi connectivity index (χ1) is 10.8. The molecule has 0 N–H and O–H groups in total. The van der Waals surface area contributed by atoms with Crippen LogP contribution in [0.5, 0.6) is 0 Å². The topological polar surface area (TPSA) is 66.9 Å². The van der Waals surface area contributed by atoms with Gasteiger partial charge in [0.25, 0.3) is 0 Å². The van der Waals surface area contributed by atoms with Gasteiger partial charge >= 0.3 is 6.09 Å². The van der Waals surface area contributed by atoms with Gasteiger partial charge in [0, 0.05) is 19.4 Å². The second-order valence-electron chi connectivity index (χ2n) is 6.88. The van der Waals surface area contributed by atoms with Crippen molar-refractivity contribution in [2.24, 2.45) is 0 Å². The molecule has 2 heterocycles. The third-order valence-electron chi connectivity index (χ3n) is 3.79. The van der Waals surface area contributed by atoms with Gasteiger partial charge in [-0.2, -0.15) is 0 Å². The van der Waals surface area contributed by atoms with E-state index >= 15 is 0 Å². The summed E-state index contributed by atoms with van der Waals surface area (Å²) in [5.41, 5.74) is -0.541. The molecule has 0 unspecified atom stereocenters. The maximum atomic E-state index is 12.3. The predicted molar refractivity (Wildman–Crippen MR) is 84.3 cm³/mol. The fourth-order valence-corrected chi connectivity index (χ4v) is 2.66. The van der Waals surface area contributed by atoms with Crippen LogP contribution in [0.15, 0.2) is 0 Å². The van der Waals surface area contributed by atoms with Crippen LogP contribution >= 0.6 is 0 Å². The molecule has 0 aromatic heterocycles. The van der Waals surface area contributed by atoms with Gasteiger partial charge in [0.1, 0.15) is 5.60 Å². The molecule has 0 saturated carbocycles. The third kappa shape index (κ3) is 4.72. The summed E-state index contributed by atoms with van der Waals surface area (Å²) < 4.78 is 5.42. The first-order valence-electron chi connectivity index (χ1n) is 8.09. The van der Waals surface area contributed by atoms with E-state index < -0.39 is 5.60 Å². The number of amides is 3. The average Bonchev–Trinajstić information content (AvgIpc) is 2.77. The molecule has 0 radical (unpaired) electrons. The Hall–Kier alpha value is -2.03. The van der Waals surface area contributed by atoms with E-state index in [-0.39, 0.29) is 43.3 Å².